The zero-order valence-electron chi connectivity index (χ0n) is 17.9. The number of hydrogen-bond donors (Lipinski definition) is 2. The number of amides is 2. The SMILES string of the molecule is CCOc1cc(/C=N/NC(=O)C(=O)Nc2ccc(Cl)cc2)ccc1OC(=O)c1ccc(Cl)cc1. The summed E-state index contributed by atoms with van der Waals surface area (Å²) in [7, 11) is 0. The molecule has 34 heavy (non-hydrogen) atoms. The summed E-state index contributed by atoms with van der Waals surface area (Å²) in [6.07, 6.45) is 1.32. The fraction of sp³-hybridized carbons (Fsp3) is 0.0833. The summed E-state index contributed by atoms with van der Waals surface area (Å²) in [6, 6.07) is 17.3. The maximum absolute atomic E-state index is 12.4. The molecule has 3 aromatic rings. The molecule has 3 aromatic carbocycles. The fourth-order valence-corrected chi connectivity index (χ4v) is 2.89. The van der Waals surface area contributed by atoms with E-state index in [0.717, 1.165) is 0 Å². The molecule has 3 rings (SSSR count). The zero-order chi connectivity index (χ0) is 24.5. The lowest BCUT2D eigenvalue weighted by Crippen LogP contribution is -2.32. The van der Waals surface area contributed by atoms with Gasteiger partial charge in [-0.05, 0) is 79.2 Å². The normalized spacial score (nSPS) is 10.6. The summed E-state index contributed by atoms with van der Waals surface area (Å²) in [5, 5.41) is 7.22. The van der Waals surface area contributed by atoms with Crippen LogP contribution in [-0.2, 0) is 9.59 Å². The van der Waals surface area contributed by atoms with Gasteiger partial charge in [-0.3, -0.25) is 9.59 Å². The van der Waals surface area contributed by atoms with E-state index in [1.165, 1.54) is 12.3 Å². The minimum absolute atomic E-state index is 0.213. The molecule has 0 unspecified atom stereocenters. The lowest BCUT2D eigenvalue weighted by atomic mass is 10.2. The molecular formula is C24H19Cl2N3O5. The molecule has 0 fully saturated rings. The van der Waals surface area contributed by atoms with Gasteiger partial charge in [0.15, 0.2) is 11.5 Å². The van der Waals surface area contributed by atoms with Crippen LogP contribution in [0.25, 0.3) is 0 Å². The number of nitrogens with one attached hydrogen (secondary N) is 2. The van der Waals surface area contributed by atoms with Gasteiger partial charge >= 0.3 is 17.8 Å². The highest BCUT2D eigenvalue weighted by Crippen LogP contribution is 2.29. The van der Waals surface area contributed by atoms with Gasteiger partial charge in [-0.2, -0.15) is 5.10 Å². The standard InChI is InChI=1S/C24H19Cl2N3O5/c1-2-33-21-13-15(3-12-20(21)34-24(32)16-4-6-17(25)7-5-16)14-27-29-23(31)22(30)28-19-10-8-18(26)9-11-19/h3-14H,2H2,1H3,(H,28,30)(H,29,31)/b27-14+. The van der Waals surface area contributed by atoms with E-state index in [-0.39, 0.29) is 5.75 Å². The molecule has 0 aliphatic heterocycles. The van der Waals surface area contributed by atoms with Crippen molar-refractivity contribution in [3.63, 3.8) is 0 Å². The van der Waals surface area contributed by atoms with Crippen molar-refractivity contribution in [2.45, 2.75) is 6.92 Å². The molecule has 0 spiro atoms. The Morgan fingerprint density at radius 1 is 0.882 bits per heavy atom. The van der Waals surface area contributed by atoms with Crippen LogP contribution in [-0.4, -0.2) is 30.6 Å². The van der Waals surface area contributed by atoms with Crippen molar-refractivity contribution >= 4 is 52.9 Å². The summed E-state index contributed by atoms with van der Waals surface area (Å²) in [5.41, 5.74) is 3.42. The number of carbonyl (C=O) groups excluding carboxylic acids is 3. The van der Waals surface area contributed by atoms with Crippen LogP contribution in [0.2, 0.25) is 10.0 Å². The van der Waals surface area contributed by atoms with Crippen LogP contribution in [0, 0.1) is 0 Å². The van der Waals surface area contributed by atoms with Crippen LogP contribution in [0.1, 0.15) is 22.8 Å². The number of hydrazone groups is 1. The summed E-state index contributed by atoms with van der Waals surface area (Å²) in [4.78, 5) is 36.3. The van der Waals surface area contributed by atoms with E-state index >= 15 is 0 Å². The Balaban J connectivity index is 1.62. The highest BCUT2D eigenvalue weighted by Gasteiger charge is 2.14. The van der Waals surface area contributed by atoms with Crippen molar-refractivity contribution in [2.75, 3.05) is 11.9 Å². The van der Waals surface area contributed by atoms with Crippen molar-refractivity contribution in [1.82, 2.24) is 5.43 Å². The second-order valence-electron chi connectivity index (χ2n) is 6.70. The second-order valence-corrected chi connectivity index (χ2v) is 7.57. The molecule has 174 valence electrons. The topological polar surface area (TPSA) is 106 Å². The third-order valence-corrected chi connectivity index (χ3v) is 4.74. The first-order chi connectivity index (χ1) is 16.4. The molecule has 0 aliphatic rings. The minimum Gasteiger partial charge on any atom is -0.490 e. The van der Waals surface area contributed by atoms with E-state index in [1.54, 1.807) is 67.6 Å². The first kappa shape index (κ1) is 24.8. The van der Waals surface area contributed by atoms with Crippen molar-refractivity contribution in [1.29, 1.82) is 0 Å². The summed E-state index contributed by atoms with van der Waals surface area (Å²) >= 11 is 11.6. The van der Waals surface area contributed by atoms with E-state index in [0.29, 0.717) is 39.2 Å². The lowest BCUT2D eigenvalue weighted by Gasteiger charge is -2.11. The molecule has 8 nitrogen and oxygen atoms in total. The average molecular weight is 500 g/mol. The van der Waals surface area contributed by atoms with Gasteiger partial charge in [0.2, 0.25) is 0 Å². The van der Waals surface area contributed by atoms with Gasteiger partial charge in [-0.25, -0.2) is 10.2 Å². The molecule has 0 saturated carbocycles. The smallest absolute Gasteiger partial charge is 0.343 e. The van der Waals surface area contributed by atoms with Gasteiger partial charge in [-0.1, -0.05) is 23.2 Å². The van der Waals surface area contributed by atoms with Crippen molar-refractivity contribution in [3.05, 3.63) is 87.9 Å². The Morgan fingerprint density at radius 2 is 1.53 bits per heavy atom. The highest BCUT2D eigenvalue weighted by atomic mass is 35.5. The molecule has 10 heteroatoms. The molecule has 0 heterocycles. The molecule has 2 amide bonds. The van der Waals surface area contributed by atoms with Gasteiger partial charge in [0.05, 0.1) is 18.4 Å². The monoisotopic (exact) mass is 499 g/mol. The number of halogens is 2. The van der Waals surface area contributed by atoms with E-state index in [4.69, 9.17) is 32.7 Å². The first-order valence-corrected chi connectivity index (χ1v) is 10.8. The molecule has 2 N–H and O–H groups in total. The van der Waals surface area contributed by atoms with Crippen LogP contribution < -0.4 is 20.2 Å². The van der Waals surface area contributed by atoms with Crippen LogP contribution in [0.5, 0.6) is 11.5 Å². The summed E-state index contributed by atoms with van der Waals surface area (Å²) in [5.74, 6) is -1.90. The number of rotatable bonds is 7. The van der Waals surface area contributed by atoms with Crippen molar-refractivity contribution in [3.8, 4) is 11.5 Å². The van der Waals surface area contributed by atoms with E-state index in [1.807, 2.05) is 0 Å². The first-order valence-electron chi connectivity index (χ1n) is 10.00. The van der Waals surface area contributed by atoms with E-state index < -0.39 is 17.8 Å². The Bertz CT molecular complexity index is 1210. The van der Waals surface area contributed by atoms with Crippen LogP contribution in [0.3, 0.4) is 0 Å². The maximum Gasteiger partial charge on any atom is 0.343 e. The zero-order valence-corrected chi connectivity index (χ0v) is 19.4. The van der Waals surface area contributed by atoms with Crippen LogP contribution in [0.4, 0.5) is 5.69 Å². The number of anilines is 1. The summed E-state index contributed by atoms with van der Waals surface area (Å²) < 4.78 is 11.0. The highest BCUT2D eigenvalue weighted by molar-refractivity contribution is 6.39. The fourth-order valence-electron chi connectivity index (χ4n) is 2.64. The number of benzene rings is 3. The van der Waals surface area contributed by atoms with Crippen LogP contribution >= 0.6 is 23.2 Å². The maximum atomic E-state index is 12.4. The second kappa shape index (κ2) is 11.8. The van der Waals surface area contributed by atoms with Gasteiger partial charge in [0.1, 0.15) is 0 Å². The van der Waals surface area contributed by atoms with Gasteiger partial charge < -0.3 is 14.8 Å². The summed E-state index contributed by atoms with van der Waals surface area (Å²) in [6.45, 7) is 2.11. The van der Waals surface area contributed by atoms with Gasteiger partial charge in [0, 0.05) is 15.7 Å². The number of nitrogens with zero attached hydrogens (tertiary/aromatic N) is 1. The Labute approximate surface area is 205 Å². The van der Waals surface area contributed by atoms with Crippen molar-refractivity contribution in [2.24, 2.45) is 5.10 Å². The Hall–Kier alpha value is -3.88. The van der Waals surface area contributed by atoms with E-state index in [9.17, 15) is 14.4 Å². The third-order valence-electron chi connectivity index (χ3n) is 4.24. The molecule has 0 bridgehead atoms. The number of ether oxygens (including phenoxy) is 2. The number of carbonyl (C=O) groups is 3. The van der Waals surface area contributed by atoms with Gasteiger partial charge in [-0.15, -0.1) is 0 Å². The largest absolute Gasteiger partial charge is 0.490 e. The predicted octanol–water partition coefficient (Wildman–Crippen LogP) is 4.70. The molecule has 0 atom stereocenters. The molecule has 0 aliphatic carbocycles. The Kier molecular flexibility index (Phi) is 8.61. The van der Waals surface area contributed by atoms with E-state index in [2.05, 4.69) is 15.8 Å². The third kappa shape index (κ3) is 7.06. The predicted molar refractivity (Wildman–Crippen MR) is 130 cm³/mol. The Morgan fingerprint density at radius 3 is 2.18 bits per heavy atom. The van der Waals surface area contributed by atoms with Crippen molar-refractivity contribution < 1.29 is 23.9 Å². The average Bonchev–Trinajstić information content (AvgIpc) is 2.82. The quantitative estimate of drug-likeness (QED) is 0.161. The molecule has 0 radical (unpaired) electrons. The van der Waals surface area contributed by atoms with Gasteiger partial charge in [0.25, 0.3) is 0 Å². The molecular weight excluding hydrogens is 481 g/mol. The molecule has 0 aromatic heterocycles. The number of esters is 1. The number of hydrogen-bond acceptors (Lipinski definition) is 6. The van der Waals surface area contributed by atoms with Crippen LogP contribution in [0.15, 0.2) is 71.8 Å². The minimum atomic E-state index is -0.954. The molecule has 0 saturated heterocycles. The lowest BCUT2D eigenvalue weighted by molar-refractivity contribution is -0.136.